The topological polar surface area (TPSA) is 102 Å². The van der Waals surface area contributed by atoms with Crippen molar-refractivity contribution in [1.82, 2.24) is 4.90 Å². The van der Waals surface area contributed by atoms with E-state index in [2.05, 4.69) is 6.58 Å². The van der Waals surface area contributed by atoms with Crippen LogP contribution in [0.4, 0.5) is 4.79 Å². The van der Waals surface area contributed by atoms with Gasteiger partial charge in [-0.2, -0.15) is 0 Å². The molecule has 1 N–H and O–H groups in total. The molecule has 1 aliphatic heterocycles. The summed E-state index contributed by atoms with van der Waals surface area (Å²) in [6.45, 7) is 4.98. The summed E-state index contributed by atoms with van der Waals surface area (Å²) in [6, 6.07) is 5.89. The molecule has 1 amide bonds. The molecule has 1 fully saturated rings. The van der Waals surface area contributed by atoms with E-state index in [9.17, 15) is 19.5 Å². The molecule has 0 aromatic heterocycles. The van der Waals surface area contributed by atoms with E-state index in [1.165, 1.54) is 17.9 Å². The van der Waals surface area contributed by atoms with Crippen LogP contribution in [0.25, 0.3) is 0 Å². The minimum Gasteiger partial charge on any atom is -0.497 e. The maximum Gasteiger partial charge on any atom is 0.508 e. The van der Waals surface area contributed by atoms with Crippen molar-refractivity contribution in [3.8, 4) is 5.75 Å². The molecule has 0 aliphatic carbocycles. The summed E-state index contributed by atoms with van der Waals surface area (Å²) >= 11 is 0. The first kappa shape index (κ1) is 19.3. The number of benzene rings is 1. The number of carboxylic acids is 1. The van der Waals surface area contributed by atoms with E-state index in [1.54, 1.807) is 31.4 Å². The maximum atomic E-state index is 12.4. The number of hydrogen-bond donors (Lipinski definition) is 1. The predicted molar refractivity (Wildman–Crippen MR) is 90.5 cm³/mol. The summed E-state index contributed by atoms with van der Waals surface area (Å²) in [7, 11) is 1.54. The highest BCUT2D eigenvalue weighted by atomic mass is 16.7. The molecule has 3 atom stereocenters. The van der Waals surface area contributed by atoms with Gasteiger partial charge in [0.15, 0.2) is 0 Å². The number of aliphatic carboxylic acids is 1. The predicted octanol–water partition coefficient (Wildman–Crippen LogP) is 1.83. The first-order valence-corrected chi connectivity index (χ1v) is 7.99. The second kappa shape index (κ2) is 8.37. The Morgan fingerprint density at radius 3 is 2.54 bits per heavy atom. The van der Waals surface area contributed by atoms with E-state index < -0.39 is 36.1 Å². The van der Waals surface area contributed by atoms with E-state index in [4.69, 9.17) is 14.2 Å². The Kier molecular flexibility index (Phi) is 6.21. The number of carboxylic acid groups (broad SMARTS) is 1. The van der Waals surface area contributed by atoms with Crippen molar-refractivity contribution in [3.05, 3.63) is 42.5 Å². The van der Waals surface area contributed by atoms with Crippen molar-refractivity contribution in [1.29, 1.82) is 0 Å². The number of carbonyl (C=O) groups is 3. The number of methoxy groups -OCH3 is 1. The van der Waals surface area contributed by atoms with E-state index in [0.29, 0.717) is 5.75 Å². The highest BCUT2D eigenvalue weighted by Crippen LogP contribution is 2.33. The van der Waals surface area contributed by atoms with Gasteiger partial charge in [0.25, 0.3) is 0 Å². The van der Waals surface area contributed by atoms with Gasteiger partial charge in [-0.05, 0) is 24.6 Å². The van der Waals surface area contributed by atoms with Gasteiger partial charge < -0.3 is 24.2 Å². The van der Waals surface area contributed by atoms with Crippen molar-refractivity contribution in [2.45, 2.75) is 25.6 Å². The zero-order valence-electron chi connectivity index (χ0n) is 14.6. The summed E-state index contributed by atoms with van der Waals surface area (Å²) in [5.74, 6) is -1.84. The quantitative estimate of drug-likeness (QED) is 0.427. The van der Waals surface area contributed by atoms with Gasteiger partial charge in [0.2, 0.25) is 5.91 Å². The number of ether oxygens (including phenoxy) is 3. The van der Waals surface area contributed by atoms with Gasteiger partial charge in [0.05, 0.1) is 7.11 Å². The fourth-order valence-electron chi connectivity index (χ4n) is 2.81. The molecular formula is C18H21NO7. The van der Waals surface area contributed by atoms with Crippen LogP contribution in [0.15, 0.2) is 36.9 Å². The Balaban J connectivity index is 2.04. The van der Waals surface area contributed by atoms with Crippen LogP contribution in [0.1, 0.15) is 12.5 Å². The second-order valence-electron chi connectivity index (χ2n) is 5.80. The molecule has 26 heavy (non-hydrogen) atoms. The van der Waals surface area contributed by atoms with Gasteiger partial charge in [-0.15, -0.1) is 0 Å². The maximum absolute atomic E-state index is 12.4. The van der Waals surface area contributed by atoms with E-state index in [0.717, 1.165) is 5.56 Å². The standard InChI is InChI=1S/C18H21NO7/c1-4-9-25-18(23)26-11(2)14-15(17(21)22)19(16(14)20)10-12-5-7-13(24-3)8-6-12/h4-8,11,14-15H,1,9-10H2,2-3H3,(H,21,22)/t11-,14?,15?/m1/s1. The lowest BCUT2D eigenvalue weighted by molar-refractivity contribution is -0.179. The van der Waals surface area contributed by atoms with E-state index in [1.807, 2.05) is 0 Å². The first-order chi connectivity index (χ1) is 12.4. The summed E-state index contributed by atoms with van der Waals surface area (Å²) in [6.07, 6.45) is -0.521. The average molecular weight is 363 g/mol. The van der Waals surface area contributed by atoms with Gasteiger partial charge in [0.1, 0.15) is 30.4 Å². The number of carbonyl (C=O) groups excluding carboxylic acids is 2. The van der Waals surface area contributed by atoms with Crippen LogP contribution < -0.4 is 4.74 Å². The fourth-order valence-corrected chi connectivity index (χ4v) is 2.81. The fraction of sp³-hybridized carbons (Fsp3) is 0.389. The number of nitrogens with zero attached hydrogens (tertiary/aromatic N) is 1. The monoisotopic (exact) mass is 363 g/mol. The lowest BCUT2D eigenvalue weighted by atomic mass is 9.82. The molecular weight excluding hydrogens is 342 g/mol. The van der Waals surface area contributed by atoms with E-state index >= 15 is 0 Å². The molecule has 1 heterocycles. The minimum absolute atomic E-state index is 0.0316. The number of rotatable bonds is 8. The zero-order valence-corrected chi connectivity index (χ0v) is 14.6. The van der Waals surface area contributed by atoms with E-state index in [-0.39, 0.29) is 13.2 Å². The second-order valence-corrected chi connectivity index (χ2v) is 5.80. The smallest absolute Gasteiger partial charge is 0.497 e. The molecule has 8 heteroatoms. The summed E-state index contributed by atoms with van der Waals surface area (Å²) < 4.78 is 14.8. The summed E-state index contributed by atoms with van der Waals surface area (Å²) in [5, 5.41) is 9.48. The summed E-state index contributed by atoms with van der Waals surface area (Å²) in [4.78, 5) is 36.8. The van der Waals surface area contributed by atoms with Crippen LogP contribution >= 0.6 is 0 Å². The zero-order chi connectivity index (χ0) is 19.3. The van der Waals surface area contributed by atoms with Crippen molar-refractivity contribution in [3.63, 3.8) is 0 Å². The average Bonchev–Trinajstić information content (AvgIpc) is 2.61. The van der Waals surface area contributed by atoms with Crippen molar-refractivity contribution in [2.75, 3.05) is 13.7 Å². The van der Waals surface area contributed by atoms with Crippen LogP contribution in [0.2, 0.25) is 0 Å². The Bertz CT molecular complexity index is 685. The number of amides is 1. The largest absolute Gasteiger partial charge is 0.508 e. The van der Waals surface area contributed by atoms with Crippen LogP contribution in [-0.2, 0) is 25.6 Å². The lowest BCUT2D eigenvalue weighted by Gasteiger charge is -2.46. The molecule has 2 rings (SSSR count). The molecule has 0 radical (unpaired) electrons. The molecule has 1 aromatic carbocycles. The first-order valence-electron chi connectivity index (χ1n) is 7.99. The molecule has 1 saturated heterocycles. The molecule has 0 spiro atoms. The van der Waals surface area contributed by atoms with Gasteiger partial charge in [-0.25, -0.2) is 9.59 Å². The lowest BCUT2D eigenvalue weighted by Crippen LogP contribution is -2.67. The molecule has 0 saturated carbocycles. The number of likely N-dealkylation sites (tertiary alicyclic amines) is 1. The van der Waals surface area contributed by atoms with Crippen LogP contribution in [0.3, 0.4) is 0 Å². The minimum atomic E-state index is -1.15. The Labute approximate surface area is 150 Å². The number of β-lactam (4-membered cyclic amide) rings is 1. The van der Waals surface area contributed by atoms with Gasteiger partial charge in [-0.3, -0.25) is 4.79 Å². The molecule has 0 bridgehead atoms. The van der Waals surface area contributed by atoms with Gasteiger partial charge in [0, 0.05) is 6.54 Å². The third-order valence-electron chi connectivity index (χ3n) is 4.12. The van der Waals surface area contributed by atoms with Gasteiger partial charge >= 0.3 is 12.1 Å². The highest BCUT2D eigenvalue weighted by Gasteiger charge is 2.55. The molecule has 8 nitrogen and oxygen atoms in total. The Morgan fingerprint density at radius 1 is 1.35 bits per heavy atom. The third-order valence-corrected chi connectivity index (χ3v) is 4.12. The summed E-state index contributed by atoms with van der Waals surface area (Å²) in [5.41, 5.74) is 0.766. The number of hydrogen-bond acceptors (Lipinski definition) is 6. The van der Waals surface area contributed by atoms with Crippen LogP contribution in [0.5, 0.6) is 5.75 Å². The Hall–Kier alpha value is -3.03. The third kappa shape index (κ3) is 4.14. The van der Waals surface area contributed by atoms with Gasteiger partial charge in [-0.1, -0.05) is 24.8 Å². The van der Waals surface area contributed by atoms with Crippen molar-refractivity contribution in [2.24, 2.45) is 5.92 Å². The van der Waals surface area contributed by atoms with Crippen molar-refractivity contribution >= 4 is 18.0 Å². The SMILES string of the molecule is C=CCOC(=O)O[C@H](C)C1C(=O)N(Cc2ccc(OC)cc2)C1C(=O)O. The molecule has 1 aliphatic rings. The van der Waals surface area contributed by atoms with Crippen LogP contribution in [0, 0.1) is 5.92 Å². The molecule has 140 valence electrons. The normalized spacial score (nSPS) is 19.9. The highest BCUT2D eigenvalue weighted by molar-refractivity contribution is 5.97. The van der Waals surface area contributed by atoms with Crippen LogP contribution in [-0.4, -0.2) is 53.9 Å². The van der Waals surface area contributed by atoms with Crippen molar-refractivity contribution < 1.29 is 33.7 Å². The Morgan fingerprint density at radius 2 is 2.00 bits per heavy atom. The molecule has 2 unspecified atom stereocenters. The molecule has 1 aromatic rings.